The summed E-state index contributed by atoms with van der Waals surface area (Å²) < 4.78 is 1.48. The van der Waals surface area contributed by atoms with Crippen LogP contribution in [0.4, 0.5) is 11.6 Å². The van der Waals surface area contributed by atoms with Crippen LogP contribution in [0.2, 0.25) is 0 Å². The first kappa shape index (κ1) is 14.7. The average Bonchev–Trinajstić information content (AvgIpc) is 2.93. The average molecular weight is 298 g/mol. The van der Waals surface area contributed by atoms with E-state index in [2.05, 4.69) is 24.1 Å². The molecule has 2 N–H and O–H groups in total. The molecule has 2 aromatic rings. The van der Waals surface area contributed by atoms with Crippen molar-refractivity contribution in [2.24, 2.45) is 5.41 Å². The van der Waals surface area contributed by atoms with Gasteiger partial charge in [-0.1, -0.05) is 25.2 Å². The highest BCUT2D eigenvalue weighted by atomic mass is 32.1. The molecule has 0 amide bonds. The van der Waals surface area contributed by atoms with Gasteiger partial charge in [0.05, 0.1) is 0 Å². The number of fused-ring (bicyclic) bond motifs is 1. The molecule has 0 atom stereocenters. The number of nitro groups is 1. The van der Waals surface area contributed by atoms with Crippen LogP contribution in [0, 0.1) is 15.5 Å². The van der Waals surface area contributed by atoms with Gasteiger partial charge in [0, 0.05) is 18.5 Å². The minimum absolute atomic E-state index is 0.0285. The Morgan fingerprint density at radius 3 is 3.00 bits per heavy atom. The number of hydrogen-bond acceptors (Lipinski definition) is 6. The van der Waals surface area contributed by atoms with Gasteiger partial charge < -0.3 is 20.5 Å². The van der Waals surface area contributed by atoms with E-state index in [1.807, 2.05) is 0 Å². The molecule has 8 heteroatoms. The van der Waals surface area contributed by atoms with E-state index in [4.69, 9.17) is 5.11 Å². The lowest BCUT2D eigenvalue weighted by molar-refractivity contribution is -0.389. The molecule has 0 aliphatic carbocycles. The maximum atomic E-state index is 11.2. The Labute approximate surface area is 120 Å². The third-order valence-corrected chi connectivity index (χ3v) is 3.91. The van der Waals surface area contributed by atoms with Crippen LogP contribution in [0.5, 0.6) is 0 Å². The summed E-state index contributed by atoms with van der Waals surface area (Å²) in [6.07, 6.45) is 3.20. The number of aromatic nitrogens is 2. The lowest BCUT2D eigenvalue weighted by Crippen LogP contribution is -2.23. The van der Waals surface area contributed by atoms with Crippen molar-refractivity contribution in [3.05, 3.63) is 21.7 Å². The van der Waals surface area contributed by atoms with Crippen molar-refractivity contribution < 1.29 is 10.0 Å². The molecular formula is C12H18N4O3S. The number of thiazole rings is 1. The quantitative estimate of drug-likeness (QED) is 0.605. The molecule has 20 heavy (non-hydrogen) atoms. The molecule has 0 unspecified atom stereocenters. The van der Waals surface area contributed by atoms with E-state index in [9.17, 15) is 10.1 Å². The van der Waals surface area contributed by atoms with Crippen LogP contribution in [0.3, 0.4) is 0 Å². The minimum Gasteiger partial charge on any atom is -0.396 e. The van der Waals surface area contributed by atoms with E-state index >= 15 is 0 Å². The molecule has 2 heterocycles. The molecule has 0 radical (unpaired) electrons. The first-order valence-corrected chi connectivity index (χ1v) is 7.27. The van der Waals surface area contributed by atoms with Crippen molar-refractivity contribution >= 4 is 27.9 Å². The molecule has 0 saturated carbocycles. The van der Waals surface area contributed by atoms with Crippen LogP contribution in [-0.4, -0.2) is 32.6 Å². The molecule has 0 aliphatic heterocycles. The van der Waals surface area contributed by atoms with Crippen LogP contribution in [0.15, 0.2) is 11.6 Å². The number of hydrogen-bond donors (Lipinski definition) is 2. The van der Waals surface area contributed by atoms with Gasteiger partial charge in [0.25, 0.3) is 4.96 Å². The summed E-state index contributed by atoms with van der Waals surface area (Å²) >= 11 is 1.36. The molecule has 0 spiro atoms. The molecule has 2 aromatic heterocycles. The van der Waals surface area contributed by atoms with E-state index < -0.39 is 4.92 Å². The zero-order valence-corrected chi connectivity index (χ0v) is 12.3. The van der Waals surface area contributed by atoms with Gasteiger partial charge in [-0.15, -0.1) is 0 Å². The molecule has 0 fully saturated rings. The smallest absolute Gasteiger partial charge is 0.372 e. The molecule has 7 nitrogen and oxygen atoms in total. The third-order valence-electron chi connectivity index (χ3n) is 3.16. The summed E-state index contributed by atoms with van der Waals surface area (Å²) in [6.45, 7) is 4.84. The van der Waals surface area contributed by atoms with Gasteiger partial charge >= 0.3 is 5.82 Å². The normalized spacial score (nSPS) is 11.9. The largest absolute Gasteiger partial charge is 0.396 e. The van der Waals surface area contributed by atoms with Crippen molar-refractivity contribution in [1.82, 2.24) is 9.38 Å². The van der Waals surface area contributed by atoms with E-state index in [0.717, 1.165) is 12.8 Å². The zero-order valence-electron chi connectivity index (χ0n) is 11.5. The second kappa shape index (κ2) is 5.76. The summed E-state index contributed by atoms with van der Waals surface area (Å²) in [7, 11) is 0. The Morgan fingerprint density at radius 1 is 1.60 bits per heavy atom. The van der Waals surface area contributed by atoms with Gasteiger partial charge in [0.1, 0.15) is 6.20 Å². The third kappa shape index (κ3) is 3.07. The Morgan fingerprint density at radius 2 is 2.35 bits per heavy atom. The van der Waals surface area contributed by atoms with E-state index in [0.29, 0.717) is 17.3 Å². The first-order valence-electron chi connectivity index (χ1n) is 6.39. The number of nitrogens with zero attached hydrogens (tertiary/aromatic N) is 3. The van der Waals surface area contributed by atoms with Gasteiger partial charge in [0.15, 0.2) is 0 Å². The SMILES string of the molecule is CC(C)(CCCO)CNc1nc2sccn2c1[N+](=O)[O-]. The number of aliphatic hydroxyl groups is 1. The number of aliphatic hydroxyl groups excluding tert-OH is 1. The van der Waals surface area contributed by atoms with Gasteiger partial charge in [-0.3, -0.25) is 0 Å². The van der Waals surface area contributed by atoms with Gasteiger partial charge in [-0.05, 0) is 23.2 Å². The molecule has 0 aromatic carbocycles. The van der Waals surface area contributed by atoms with E-state index in [1.54, 1.807) is 11.6 Å². The number of nitrogens with one attached hydrogen (secondary N) is 1. The number of imidazole rings is 1. The summed E-state index contributed by atoms with van der Waals surface area (Å²) in [5.74, 6) is 0.276. The summed E-state index contributed by atoms with van der Waals surface area (Å²) in [6, 6.07) is 0. The topological polar surface area (TPSA) is 92.7 Å². The molecule has 2 rings (SSSR count). The van der Waals surface area contributed by atoms with Crippen molar-refractivity contribution in [1.29, 1.82) is 0 Å². The van der Waals surface area contributed by atoms with Crippen molar-refractivity contribution in [3.8, 4) is 0 Å². The Bertz CT molecular complexity index is 605. The fourth-order valence-electron chi connectivity index (χ4n) is 2.04. The Balaban J connectivity index is 2.15. The maximum absolute atomic E-state index is 11.2. The first-order chi connectivity index (χ1) is 9.44. The van der Waals surface area contributed by atoms with Gasteiger partial charge in [-0.2, -0.15) is 9.38 Å². The molecular weight excluding hydrogens is 280 g/mol. The predicted molar refractivity (Wildman–Crippen MR) is 78.3 cm³/mol. The lowest BCUT2D eigenvalue weighted by atomic mass is 9.88. The zero-order chi connectivity index (χ0) is 14.8. The highest BCUT2D eigenvalue weighted by molar-refractivity contribution is 7.15. The van der Waals surface area contributed by atoms with Crippen LogP contribution >= 0.6 is 11.3 Å². The van der Waals surface area contributed by atoms with Gasteiger partial charge in [-0.25, -0.2) is 0 Å². The highest BCUT2D eigenvalue weighted by Crippen LogP contribution is 2.30. The summed E-state index contributed by atoms with van der Waals surface area (Å²) in [5.41, 5.74) is -0.0619. The van der Waals surface area contributed by atoms with Crippen LogP contribution in [0.25, 0.3) is 4.96 Å². The Hall–Kier alpha value is -1.67. The lowest BCUT2D eigenvalue weighted by Gasteiger charge is -2.24. The molecule has 0 aliphatic rings. The summed E-state index contributed by atoms with van der Waals surface area (Å²) in [5, 5.41) is 24.9. The molecule has 0 bridgehead atoms. The van der Waals surface area contributed by atoms with Crippen molar-refractivity contribution in [2.75, 3.05) is 18.5 Å². The minimum atomic E-state index is -0.421. The second-order valence-electron chi connectivity index (χ2n) is 5.44. The fraction of sp³-hybridized carbons (Fsp3) is 0.583. The Kier molecular flexibility index (Phi) is 4.24. The van der Waals surface area contributed by atoms with Crippen molar-refractivity contribution in [2.45, 2.75) is 26.7 Å². The standard InChI is InChI=1S/C12H18N4O3S/c1-12(2,4-3-6-17)8-13-9-10(16(18)19)15-5-7-20-11(15)14-9/h5,7,13,17H,3-4,6,8H2,1-2H3. The molecule has 0 saturated heterocycles. The fourth-order valence-corrected chi connectivity index (χ4v) is 2.75. The predicted octanol–water partition coefficient (Wildman–Crippen LogP) is 2.51. The van der Waals surface area contributed by atoms with Crippen LogP contribution in [-0.2, 0) is 0 Å². The number of anilines is 1. The molecule has 110 valence electrons. The van der Waals surface area contributed by atoms with E-state index in [-0.39, 0.29) is 17.8 Å². The van der Waals surface area contributed by atoms with Crippen molar-refractivity contribution in [3.63, 3.8) is 0 Å². The monoisotopic (exact) mass is 298 g/mol. The second-order valence-corrected chi connectivity index (χ2v) is 6.31. The van der Waals surface area contributed by atoms with E-state index in [1.165, 1.54) is 15.7 Å². The maximum Gasteiger partial charge on any atom is 0.372 e. The van der Waals surface area contributed by atoms with Crippen LogP contribution in [0.1, 0.15) is 26.7 Å². The summed E-state index contributed by atoms with van der Waals surface area (Å²) in [4.78, 5) is 15.6. The van der Waals surface area contributed by atoms with Crippen LogP contribution < -0.4 is 5.32 Å². The highest BCUT2D eigenvalue weighted by Gasteiger charge is 2.25. The number of rotatable bonds is 7. The van der Waals surface area contributed by atoms with Gasteiger partial charge in [0.2, 0.25) is 5.82 Å².